The first-order chi connectivity index (χ1) is 25.0. The number of likely N-dealkylation sites (N-methyl/N-ethyl adjacent to an activating group) is 1. The number of phosphoric acid groups is 1. The molecule has 0 fully saturated rings. The molecule has 9 nitrogen and oxygen atoms in total. The number of allylic oxidation sites excluding steroid dienone is 4. The molecule has 0 aliphatic carbocycles. The second-order valence-corrected chi connectivity index (χ2v) is 16.8. The van der Waals surface area contributed by atoms with Gasteiger partial charge in [-0.1, -0.05) is 128 Å². The van der Waals surface area contributed by atoms with Crippen LogP contribution in [0.2, 0.25) is 0 Å². The Bertz CT molecular complexity index is 949. The Kier molecular flexibility index (Phi) is 34.2. The number of hydrogen-bond donors (Lipinski definition) is 1. The average molecular weight is 759 g/mol. The Morgan fingerprint density at radius 1 is 0.577 bits per heavy atom. The van der Waals surface area contributed by atoms with E-state index < -0.39 is 26.5 Å². The Labute approximate surface area is 319 Å². The number of phosphoric ester groups is 1. The number of hydrogen-bond acceptors (Lipinski definition) is 7. The van der Waals surface area contributed by atoms with Crippen LogP contribution < -0.4 is 0 Å². The highest BCUT2D eigenvalue weighted by Crippen LogP contribution is 2.43. The van der Waals surface area contributed by atoms with E-state index in [-0.39, 0.29) is 32.0 Å². The summed E-state index contributed by atoms with van der Waals surface area (Å²) < 4.78 is 34.2. The van der Waals surface area contributed by atoms with E-state index >= 15 is 0 Å². The molecule has 10 heteroatoms. The summed E-state index contributed by atoms with van der Waals surface area (Å²) in [5.74, 6) is -0.820. The number of quaternary nitrogens is 1. The number of esters is 2. The first-order valence-corrected chi connectivity index (χ1v) is 22.6. The Hall–Kier alpha value is -1.51. The molecule has 0 aliphatic heterocycles. The third-order valence-electron chi connectivity index (χ3n) is 8.95. The van der Waals surface area contributed by atoms with Gasteiger partial charge in [0, 0.05) is 12.8 Å². The summed E-state index contributed by atoms with van der Waals surface area (Å²) in [5, 5.41) is 0. The summed E-state index contributed by atoms with van der Waals surface area (Å²) in [7, 11) is 1.47. The molecule has 0 saturated heterocycles. The highest BCUT2D eigenvalue weighted by molar-refractivity contribution is 7.47. The van der Waals surface area contributed by atoms with Gasteiger partial charge in [-0.05, 0) is 64.2 Å². The van der Waals surface area contributed by atoms with Crippen molar-refractivity contribution in [2.45, 2.75) is 187 Å². The maximum Gasteiger partial charge on any atom is 0.472 e. The Morgan fingerprint density at radius 2 is 0.981 bits per heavy atom. The zero-order chi connectivity index (χ0) is 38.6. The smallest absolute Gasteiger partial charge is 0.462 e. The fourth-order valence-corrected chi connectivity index (χ4v) is 6.33. The van der Waals surface area contributed by atoms with Gasteiger partial charge >= 0.3 is 19.8 Å². The number of nitrogens with zero attached hydrogens (tertiary/aromatic N) is 1. The molecule has 0 heterocycles. The van der Waals surface area contributed by atoms with Gasteiger partial charge in [-0.15, -0.1) is 0 Å². The van der Waals surface area contributed by atoms with Crippen molar-refractivity contribution >= 4 is 19.8 Å². The molecular weight excluding hydrogens is 677 g/mol. The van der Waals surface area contributed by atoms with Crippen LogP contribution in [0.15, 0.2) is 24.3 Å². The van der Waals surface area contributed by atoms with Crippen molar-refractivity contribution in [3.63, 3.8) is 0 Å². The zero-order valence-corrected chi connectivity index (χ0v) is 35.2. The number of ether oxygens (including phenoxy) is 2. The normalized spacial score (nSPS) is 13.9. The van der Waals surface area contributed by atoms with Crippen molar-refractivity contribution in [1.82, 2.24) is 0 Å². The minimum Gasteiger partial charge on any atom is -0.462 e. The van der Waals surface area contributed by atoms with Crippen LogP contribution in [0.25, 0.3) is 0 Å². The molecule has 0 spiro atoms. The lowest BCUT2D eigenvalue weighted by Crippen LogP contribution is -2.37. The van der Waals surface area contributed by atoms with Crippen molar-refractivity contribution in [2.24, 2.45) is 0 Å². The van der Waals surface area contributed by atoms with Crippen molar-refractivity contribution in [3.05, 3.63) is 24.3 Å². The minimum atomic E-state index is -4.37. The third-order valence-corrected chi connectivity index (χ3v) is 9.94. The summed E-state index contributed by atoms with van der Waals surface area (Å²) in [6, 6.07) is 0. The van der Waals surface area contributed by atoms with Gasteiger partial charge < -0.3 is 18.9 Å². The second kappa shape index (κ2) is 35.2. The zero-order valence-electron chi connectivity index (χ0n) is 34.3. The van der Waals surface area contributed by atoms with Gasteiger partial charge in [-0.3, -0.25) is 18.6 Å². The van der Waals surface area contributed by atoms with E-state index in [0.717, 1.165) is 51.4 Å². The highest BCUT2D eigenvalue weighted by Gasteiger charge is 2.27. The maximum atomic E-state index is 12.7. The fraction of sp³-hybridized carbons (Fsp3) is 0.857. The van der Waals surface area contributed by atoms with E-state index in [1.807, 2.05) is 21.1 Å². The molecule has 1 unspecified atom stereocenters. The molecule has 0 aromatic heterocycles. The minimum absolute atomic E-state index is 0.0296. The predicted molar refractivity (Wildman–Crippen MR) is 215 cm³/mol. The lowest BCUT2D eigenvalue weighted by atomic mass is 10.1. The first kappa shape index (κ1) is 50.5. The van der Waals surface area contributed by atoms with Crippen LogP contribution in [-0.4, -0.2) is 74.9 Å². The fourth-order valence-electron chi connectivity index (χ4n) is 5.59. The summed E-state index contributed by atoms with van der Waals surface area (Å²) in [6.45, 7) is 4.38. The van der Waals surface area contributed by atoms with E-state index in [9.17, 15) is 19.0 Å². The number of carbonyl (C=O) groups is 2. The molecule has 2 atom stereocenters. The van der Waals surface area contributed by atoms with E-state index in [1.165, 1.54) is 89.9 Å². The summed E-state index contributed by atoms with van der Waals surface area (Å²) in [4.78, 5) is 35.3. The van der Waals surface area contributed by atoms with Gasteiger partial charge in [0.25, 0.3) is 0 Å². The molecule has 52 heavy (non-hydrogen) atoms. The molecule has 0 amide bonds. The van der Waals surface area contributed by atoms with E-state index in [4.69, 9.17) is 18.5 Å². The summed E-state index contributed by atoms with van der Waals surface area (Å²) in [5.41, 5.74) is 0. The van der Waals surface area contributed by atoms with Crippen LogP contribution in [-0.2, 0) is 32.7 Å². The average Bonchev–Trinajstić information content (AvgIpc) is 3.09. The van der Waals surface area contributed by atoms with Gasteiger partial charge in [0.05, 0.1) is 27.7 Å². The largest absolute Gasteiger partial charge is 0.472 e. The van der Waals surface area contributed by atoms with Gasteiger partial charge in [0.1, 0.15) is 19.8 Å². The highest BCUT2D eigenvalue weighted by atomic mass is 31.2. The molecule has 0 radical (unpaired) electrons. The molecule has 0 aliphatic rings. The SMILES string of the molecule is CCCCCC/C=C/CCCCCCCCCC(=O)O[C@H](COC(=O)CCCCC/C=C/CCCCCCCC)COP(=O)(O)OCC[N+](C)(C)C. The van der Waals surface area contributed by atoms with Crippen molar-refractivity contribution in [2.75, 3.05) is 47.5 Å². The van der Waals surface area contributed by atoms with Gasteiger partial charge in [-0.25, -0.2) is 4.57 Å². The quantitative estimate of drug-likeness (QED) is 0.0218. The Balaban J connectivity index is 4.41. The standard InChI is InChI=1S/C42H80NO8P/c1-6-8-10-12-14-16-18-20-21-23-25-27-29-31-33-35-42(45)51-40(39-50-52(46,47)49-37-36-43(3,4)5)38-48-41(44)34-32-30-28-26-24-22-19-17-15-13-11-9-7-2/h16,18,22,24,40H,6-15,17,19-21,23,25-39H2,1-5H3/p+1/b18-16+,24-22+/t40-/m1/s1. The monoisotopic (exact) mass is 759 g/mol. The lowest BCUT2D eigenvalue weighted by molar-refractivity contribution is -0.870. The molecule has 0 rings (SSSR count). The molecular formula is C42H81NO8P+. The van der Waals surface area contributed by atoms with E-state index in [0.29, 0.717) is 23.9 Å². The Morgan fingerprint density at radius 3 is 1.46 bits per heavy atom. The van der Waals surface area contributed by atoms with Crippen LogP contribution in [0.3, 0.4) is 0 Å². The van der Waals surface area contributed by atoms with Crippen LogP contribution in [0, 0.1) is 0 Å². The maximum absolute atomic E-state index is 12.7. The molecule has 0 aromatic rings. The van der Waals surface area contributed by atoms with Crippen molar-refractivity contribution in [1.29, 1.82) is 0 Å². The van der Waals surface area contributed by atoms with Crippen molar-refractivity contribution < 1.29 is 42.1 Å². The van der Waals surface area contributed by atoms with Crippen LogP contribution in [0.5, 0.6) is 0 Å². The molecule has 0 aromatic carbocycles. The van der Waals surface area contributed by atoms with Crippen LogP contribution in [0.4, 0.5) is 0 Å². The van der Waals surface area contributed by atoms with Crippen molar-refractivity contribution in [3.8, 4) is 0 Å². The predicted octanol–water partition coefficient (Wildman–Crippen LogP) is 11.6. The van der Waals surface area contributed by atoms with Gasteiger partial charge in [0.15, 0.2) is 6.10 Å². The molecule has 306 valence electrons. The number of rotatable bonds is 38. The van der Waals surface area contributed by atoms with Crippen LogP contribution in [0.1, 0.15) is 181 Å². The number of unbranched alkanes of at least 4 members (excludes halogenated alkanes) is 20. The third kappa shape index (κ3) is 38.2. The van der Waals surface area contributed by atoms with Gasteiger partial charge in [0.2, 0.25) is 0 Å². The number of carbonyl (C=O) groups excluding carboxylic acids is 2. The summed E-state index contributed by atoms with van der Waals surface area (Å²) >= 11 is 0. The van der Waals surface area contributed by atoms with Gasteiger partial charge in [-0.2, -0.15) is 0 Å². The second-order valence-electron chi connectivity index (χ2n) is 15.4. The van der Waals surface area contributed by atoms with E-state index in [2.05, 4.69) is 38.2 Å². The first-order valence-electron chi connectivity index (χ1n) is 21.1. The molecule has 1 N–H and O–H groups in total. The molecule has 0 bridgehead atoms. The van der Waals surface area contributed by atoms with Crippen LogP contribution >= 0.6 is 7.82 Å². The topological polar surface area (TPSA) is 108 Å². The summed E-state index contributed by atoms with van der Waals surface area (Å²) in [6.07, 6.45) is 36.5. The lowest BCUT2D eigenvalue weighted by Gasteiger charge is -2.24. The molecule has 0 saturated carbocycles. The van der Waals surface area contributed by atoms with E-state index in [1.54, 1.807) is 0 Å².